The standard InChI is InChI=1S/C21H40O4.C3H8O2/c1-2-3-4-5-6-7-8-9-10-11-12-13-14-15-16-17-21(24)25-19-20(23)18-22;1-3(5)2-4/h9-10,20,22-23H,2-8,11-19H2,1H3;3-5H,2H2,1H3. The van der Waals surface area contributed by atoms with Gasteiger partial charge in [0.15, 0.2) is 0 Å². The Kier molecular flexibility index (Phi) is 27.2. The zero-order valence-electron chi connectivity index (χ0n) is 19.4. The Morgan fingerprint density at radius 1 is 0.800 bits per heavy atom. The molecule has 0 spiro atoms. The van der Waals surface area contributed by atoms with E-state index in [9.17, 15) is 4.79 Å². The Morgan fingerprint density at radius 2 is 1.27 bits per heavy atom. The molecule has 180 valence electrons. The summed E-state index contributed by atoms with van der Waals surface area (Å²) in [4.78, 5) is 11.4. The zero-order valence-corrected chi connectivity index (χ0v) is 19.4. The van der Waals surface area contributed by atoms with Gasteiger partial charge >= 0.3 is 5.97 Å². The molecule has 6 nitrogen and oxygen atoms in total. The third kappa shape index (κ3) is 29.3. The van der Waals surface area contributed by atoms with Crippen LogP contribution in [0.2, 0.25) is 0 Å². The maximum Gasteiger partial charge on any atom is 0.305 e. The largest absolute Gasteiger partial charge is 0.463 e. The molecule has 2 unspecified atom stereocenters. The lowest BCUT2D eigenvalue weighted by atomic mass is 10.1. The lowest BCUT2D eigenvalue weighted by Gasteiger charge is -2.08. The van der Waals surface area contributed by atoms with Crippen LogP contribution in [0.4, 0.5) is 0 Å². The molecule has 0 aliphatic heterocycles. The molecule has 6 heteroatoms. The molecule has 0 aliphatic rings. The van der Waals surface area contributed by atoms with Crippen LogP contribution < -0.4 is 0 Å². The smallest absolute Gasteiger partial charge is 0.305 e. The number of carbonyl (C=O) groups is 1. The number of hydrogen-bond donors (Lipinski definition) is 4. The minimum absolute atomic E-state index is 0.111. The molecule has 0 aromatic heterocycles. The molecular weight excluding hydrogens is 384 g/mol. The monoisotopic (exact) mass is 432 g/mol. The molecule has 0 radical (unpaired) electrons. The average Bonchev–Trinajstić information content (AvgIpc) is 2.75. The number of allylic oxidation sites excluding steroid dienone is 2. The number of ether oxygens (including phenoxy) is 1. The first-order chi connectivity index (χ1) is 14.5. The molecular formula is C24H48O6. The molecule has 2 atom stereocenters. The van der Waals surface area contributed by atoms with Crippen LogP contribution in [0, 0.1) is 0 Å². The predicted molar refractivity (Wildman–Crippen MR) is 122 cm³/mol. The van der Waals surface area contributed by atoms with Crippen LogP contribution in [0.5, 0.6) is 0 Å². The van der Waals surface area contributed by atoms with Crippen LogP contribution in [0.15, 0.2) is 12.2 Å². The second-order valence-corrected chi connectivity index (χ2v) is 7.89. The Bertz CT molecular complexity index is 371. The zero-order chi connectivity index (χ0) is 22.9. The van der Waals surface area contributed by atoms with E-state index in [0.717, 1.165) is 25.7 Å². The van der Waals surface area contributed by atoms with E-state index in [4.69, 9.17) is 25.2 Å². The third-order valence-electron chi connectivity index (χ3n) is 4.55. The molecule has 0 amide bonds. The number of carbonyl (C=O) groups excluding carboxylic acids is 1. The highest BCUT2D eigenvalue weighted by Gasteiger charge is 2.07. The van der Waals surface area contributed by atoms with Crippen molar-refractivity contribution in [1.82, 2.24) is 0 Å². The van der Waals surface area contributed by atoms with Gasteiger partial charge in [0.25, 0.3) is 0 Å². The van der Waals surface area contributed by atoms with Gasteiger partial charge < -0.3 is 25.2 Å². The summed E-state index contributed by atoms with van der Waals surface area (Å²) in [6, 6.07) is 0. The normalized spacial score (nSPS) is 13.0. The quantitative estimate of drug-likeness (QED) is 0.138. The van der Waals surface area contributed by atoms with Gasteiger partial charge in [0.1, 0.15) is 12.7 Å². The highest BCUT2D eigenvalue weighted by atomic mass is 16.5. The first kappa shape index (κ1) is 31.2. The average molecular weight is 433 g/mol. The SMILES string of the molecule is CC(O)CO.CCCCCCCCC=CCCCCCCCC(=O)OCC(O)CO. The summed E-state index contributed by atoms with van der Waals surface area (Å²) in [6.07, 6.45) is 19.5. The Morgan fingerprint density at radius 3 is 1.73 bits per heavy atom. The van der Waals surface area contributed by atoms with Crippen molar-refractivity contribution in [2.45, 2.75) is 116 Å². The van der Waals surface area contributed by atoms with Gasteiger partial charge in [-0.25, -0.2) is 0 Å². The molecule has 0 rings (SSSR count). The summed E-state index contributed by atoms with van der Waals surface area (Å²) in [5.41, 5.74) is 0. The van der Waals surface area contributed by atoms with Crippen molar-refractivity contribution in [3.63, 3.8) is 0 Å². The molecule has 0 fully saturated rings. The van der Waals surface area contributed by atoms with Gasteiger partial charge in [-0.15, -0.1) is 0 Å². The lowest BCUT2D eigenvalue weighted by Crippen LogP contribution is -2.21. The van der Waals surface area contributed by atoms with Crippen LogP contribution >= 0.6 is 0 Å². The van der Waals surface area contributed by atoms with Gasteiger partial charge in [-0.05, 0) is 39.0 Å². The first-order valence-corrected chi connectivity index (χ1v) is 11.9. The van der Waals surface area contributed by atoms with Crippen molar-refractivity contribution in [2.75, 3.05) is 19.8 Å². The van der Waals surface area contributed by atoms with E-state index in [-0.39, 0.29) is 25.8 Å². The molecule has 0 aromatic carbocycles. The molecule has 0 aliphatic carbocycles. The number of rotatable bonds is 19. The van der Waals surface area contributed by atoms with Crippen LogP contribution in [-0.4, -0.2) is 58.4 Å². The van der Waals surface area contributed by atoms with Crippen molar-refractivity contribution in [1.29, 1.82) is 0 Å². The van der Waals surface area contributed by atoms with Gasteiger partial charge in [-0.1, -0.05) is 70.4 Å². The number of esters is 1. The third-order valence-corrected chi connectivity index (χ3v) is 4.55. The highest BCUT2D eigenvalue weighted by molar-refractivity contribution is 5.69. The van der Waals surface area contributed by atoms with E-state index in [1.165, 1.54) is 64.7 Å². The molecule has 0 saturated carbocycles. The number of hydrogen-bond acceptors (Lipinski definition) is 6. The Balaban J connectivity index is 0. The summed E-state index contributed by atoms with van der Waals surface area (Å²) in [5.74, 6) is -0.287. The highest BCUT2D eigenvalue weighted by Crippen LogP contribution is 2.10. The van der Waals surface area contributed by atoms with E-state index in [1.807, 2.05) is 0 Å². The van der Waals surface area contributed by atoms with Gasteiger partial charge in [0.05, 0.1) is 19.3 Å². The van der Waals surface area contributed by atoms with E-state index >= 15 is 0 Å². The van der Waals surface area contributed by atoms with Crippen molar-refractivity contribution < 1.29 is 30.0 Å². The van der Waals surface area contributed by atoms with Gasteiger partial charge in [-0.3, -0.25) is 4.79 Å². The van der Waals surface area contributed by atoms with Crippen molar-refractivity contribution in [3.8, 4) is 0 Å². The second kappa shape index (κ2) is 26.1. The number of aliphatic hydroxyl groups excluding tert-OH is 4. The predicted octanol–water partition coefficient (Wildman–Crippen LogP) is 4.28. The molecule has 0 bridgehead atoms. The fourth-order valence-electron chi connectivity index (χ4n) is 2.65. The summed E-state index contributed by atoms with van der Waals surface area (Å²) in [6.45, 7) is 3.16. The second-order valence-electron chi connectivity index (χ2n) is 7.89. The minimum Gasteiger partial charge on any atom is -0.463 e. The summed E-state index contributed by atoms with van der Waals surface area (Å²) < 4.78 is 4.86. The Hall–Kier alpha value is -0.950. The molecule has 30 heavy (non-hydrogen) atoms. The van der Waals surface area contributed by atoms with Crippen LogP contribution in [0.1, 0.15) is 104 Å². The summed E-state index contributed by atoms with van der Waals surface area (Å²) >= 11 is 0. The van der Waals surface area contributed by atoms with Crippen molar-refractivity contribution >= 4 is 5.97 Å². The molecule has 4 N–H and O–H groups in total. The van der Waals surface area contributed by atoms with Crippen LogP contribution in [0.3, 0.4) is 0 Å². The van der Waals surface area contributed by atoms with Crippen molar-refractivity contribution in [3.05, 3.63) is 12.2 Å². The van der Waals surface area contributed by atoms with E-state index in [1.54, 1.807) is 0 Å². The number of aliphatic hydroxyl groups is 4. The fraction of sp³-hybridized carbons (Fsp3) is 0.875. The maximum atomic E-state index is 11.4. The fourth-order valence-corrected chi connectivity index (χ4v) is 2.65. The number of unbranched alkanes of at least 4 members (excludes halogenated alkanes) is 11. The van der Waals surface area contributed by atoms with Gasteiger partial charge in [-0.2, -0.15) is 0 Å². The topological polar surface area (TPSA) is 107 Å². The molecule has 0 saturated heterocycles. The van der Waals surface area contributed by atoms with Crippen molar-refractivity contribution in [2.24, 2.45) is 0 Å². The van der Waals surface area contributed by atoms with E-state index in [2.05, 4.69) is 19.1 Å². The van der Waals surface area contributed by atoms with Crippen LogP contribution in [-0.2, 0) is 9.53 Å². The molecule has 0 heterocycles. The molecule has 0 aromatic rings. The minimum atomic E-state index is -0.960. The van der Waals surface area contributed by atoms with E-state index in [0.29, 0.717) is 6.42 Å². The lowest BCUT2D eigenvalue weighted by molar-refractivity contribution is -0.147. The maximum absolute atomic E-state index is 11.4. The van der Waals surface area contributed by atoms with E-state index < -0.39 is 12.2 Å². The Labute approximate surface area is 184 Å². The summed E-state index contributed by atoms with van der Waals surface area (Å²) in [5, 5.41) is 33.7. The summed E-state index contributed by atoms with van der Waals surface area (Å²) in [7, 11) is 0. The van der Waals surface area contributed by atoms with Gasteiger partial charge in [0, 0.05) is 6.42 Å². The van der Waals surface area contributed by atoms with Gasteiger partial charge in [0.2, 0.25) is 0 Å². The first-order valence-electron chi connectivity index (χ1n) is 11.9. The van der Waals surface area contributed by atoms with Crippen LogP contribution in [0.25, 0.3) is 0 Å².